The van der Waals surface area contributed by atoms with Crippen molar-refractivity contribution in [2.75, 3.05) is 7.11 Å². The number of fused-ring (bicyclic) bond motifs is 1. The molecular formula is C24H17ClN4O3. The normalized spacial score (nSPS) is 11.1. The summed E-state index contributed by atoms with van der Waals surface area (Å²) < 4.78 is 12.6. The van der Waals surface area contributed by atoms with Gasteiger partial charge in [0.1, 0.15) is 17.9 Å². The van der Waals surface area contributed by atoms with E-state index < -0.39 is 0 Å². The summed E-state index contributed by atoms with van der Waals surface area (Å²) in [5, 5.41) is 9.69. The Labute approximate surface area is 187 Å². The summed E-state index contributed by atoms with van der Waals surface area (Å²) in [5.41, 5.74) is 2.41. The first-order valence-corrected chi connectivity index (χ1v) is 10.2. The van der Waals surface area contributed by atoms with Gasteiger partial charge in [-0.25, -0.2) is 4.98 Å². The van der Waals surface area contributed by atoms with Crippen molar-refractivity contribution in [1.82, 2.24) is 19.7 Å². The number of nitrogens with zero attached hydrogens (tertiary/aromatic N) is 4. The van der Waals surface area contributed by atoms with E-state index in [-0.39, 0.29) is 12.1 Å². The summed E-state index contributed by atoms with van der Waals surface area (Å²) in [6, 6.07) is 20.0. The van der Waals surface area contributed by atoms with Gasteiger partial charge in [0.15, 0.2) is 0 Å². The van der Waals surface area contributed by atoms with Crippen LogP contribution in [0.25, 0.3) is 33.6 Å². The van der Waals surface area contributed by atoms with E-state index in [0.29, 0.717) is 28.0 Å². The number of benzene rings is 2. The molecule has 158 valence electrons. The van der Waals surface area contributed by atoms with E-state index in [2.05, 4.69) is 15.2 Å². The maximum absolute atomic E-state index is 13.4. The molecule has 0 bridgehead atoms. The van der Waals surface area contributed by atoms with Gasteiger partial charge in [0.25, 0.3) is 5.56 Å². The molecule has 0 aliphatic rings. The molecular weight excluding hydrogens is 428 g/mol. The largest absolute Gasteiger partial charge is 0.497 e. The van der Waals surface area contributed by atoms with Crippen LogP contribution in [0.1, 0.15) is 5.89 Å². The molecule has 7 nitrogen and oxygen atoms in total. The zero-order valence-electron chi connectivity index (χ0n) is 17.0. The zero-order chi connectivity index (χ0) is 22.1. The Bertz CT molecular complexity index is 1460. The smallest absolute Gasteiger partial charge is 0.260 e. The van der Waals surface area contributed by atoms with Gasteiger partial charge in [0.2, 0.25) is 11.8 Å². The lowest BCUT2D eigenvalue weighted by Crippen LogP contribution is -2.23. The minimum atomic E-state index is -0.201. The van der Waals surface area contributed by atoms with Crippen LogP contribution < -0.4 is 10.3 Å². The fourth-order valence-corrected chi connectivity index (χ4v) is 3.62. The van der Waals surface area contributed by atoms with Crippen molar-refractivity contribution < 1.29 is 9.15 Å². The number of halogens is 1. The van der Waals surface area contributed by atoms with Gasteiger partial charge >= 0.3 is 0 Å². The summed E-state index contributed by atoms with van der Waals surface area (Å²) in [4.78, 5) is 17.9. The van der Waals surface area contributed by atoms with Crippen LogP contribution in [-0.2, 0) is 6.54 Å². The fourth-order valence-electron chi connectivity index (χ4n) is 3.49. The number of rotatable bonds is 5. The maximum atomic E-state index is 13.4. The topological polar surface area (TPSA) is 83.0 Å². The third-order valence-electron chi connectivity index (χ3n) is 5.10. The molecule has 8 heteroatoms. The molecule has 0 saturated carbocycles. The summed E-state index contributed by atoms with van der Waals surface area (Å²) >= 11 is 5.95. The van der Waals surface area contributed by atoms with Gasteiger partial charge in [-0.15, -0.1) is 10.2 Å². The quantitative estimate of drug-likeness (QED) is 0.386. The molecule has 0 unspecified atom stereocenters. The average molecular weight is 445 g/mol. The highest BCUT2D eigenvalue weighted by Crippen LogP contribution is 2.24. The number of hydrogen-bond donors (Lipinski definition) is 0. The fraction of sp³-hybridized carbons (Fsp3) is 0.0833. The standard InChI is InChI=1S/C24H17ClN4O3/c1-31-19-10-6-15(7-11-19)20-13-17-3-2-12-26-22(17)29(24(20)30)14-21-27-28-23(32-21)16-4-8-18(25)9-5-16/h2-13H,14H2,1H3. The summed E-state index contributed by atoms with van der Waals surface area (Å²) in [6.07, 6.45) is 1.65. The molecule has 0 radical (unpaired) electrons. The molecule has 0 amide bonds. The van der Waals surface area contributed by atoms with Crippen LogP contribution in [0.5, 0.6) is 5.75 Å². The van der Waals surface area contributed by atoms with Crippen LogP contribution in [0.2, 0.25) is 5.02 Å². The van der Waals surface area contributed by atoms with Crippen molar-refractivity contribution in [2.45, 2.75) is 6.54 Å². The molecule has 0 spiro atoms. The molecule has 5 rings (SSSR count). The van der Waals surface area contributed by atoms with E-state index in [4.69, 9.17) is 20.8 Å². The Hall–Kier alpha value is -3.97. The lowest BCUT2D eigenvalue weighted by atomic mass is 10.1. The molecule has 32 heavy (non-hydrogen) atoms. The second-order valence-corrected chi connectivity index (χ2v) is 7.54. The van der Waals surface area contributed by atoms with Crippen LogP contribution >= 0.6 is 11.6 Å². The van der Waals surface area contributed by atoms with Gasteiger partial charge in [-0.1, -0.05) is 23.7 Å². The van der Waals surface area contributed by atoms with E-state index in [1.165, 1.54) is 0 Å². The van der Waals surface area contributed by atoms with Gasteiger partial charge in [-0.2, -0.15) is 0 Å². The van der Waals surface area contributed by atoms with E-state index in [0.717, 1.165) is 22.3 Å². The van der Waals surface area contributed by atoms with Crippen LogP contribution in [0.15, 0.2) is 82.1 Å². The van der Waals surface area contributed by atoms with Gasteiger partial charge in [0.05, 0.1) is 7.11 Å². The van der Waals surface area contributed by atoms with Gasteiger partial charge in [0, 0.05) is 27.7 Å². The summed E-state index contributed by atoms with van der Waals surface area (Å²) in [7, 11) is 1.60. The van der Waals surface area contributed by atoms with Crippen molar-refractivity contribution in [3.63, 3.8) is 0 Å². The third-order valence-corrected chi connectivity index (χ3v) is 5.35. The maximum Gasteiger partial charge on any atom is 0.260 e. The number of aromatic nitrogens is 4. The van der Waals surface area contributed by atoms with E-state index in [1.807, 2.05) is 42.5 Å². The van der Waals surface area contributed by atoms with E-state index in [9.17, 15) is 4.79 Å². The molecule has 3 heterocycles. The first-order valence-electron chi connectivity index (χ1n) is 9.84. The predicted octanol–water partition coefficient (Wildman–Crippen LogP) is 4.82. The molecule has 0 atom stereocenters. The molecule has 2 aromatic carbocycles. The Kier molecular flexibility index (Phi) is 5.17. The number of hydrogen-bond acceptors (Lipinski definition) is 6. The second-order valence-electron chi connectivity index (χ2n) is 7.10. The molecule has 0 aliphatic carbocycles. The minimum absolute atomic E-state index is 0.0942. The number of ether oxygens (including phenoxy) is 1. The van der Waals surface area contributed by atoms with Crippen molar-refractivity contribution in [1.29, 1.82) is 0 Å². The number of pyridine rings is 2. The second kappa shape index (κ2) is 8.28. The first kappa shape index (κ1) is 20.0. The third kappa shape index (κ3) is 3.74. The SMILES string of the molecule is COc1ccc(-c2cc3cccnc3n(Cc3nnc(-c4ccc(Cl)cc4)o3)c2=O)cc1. The van der Waals surface area contributed by atoms with Crippen molar-refractivity contribution in [3.05, 3.63) is 94.2 Å². The van der Waals surface area contributed by atoms with Crippen LogP contribution in [-0.4, -0.2) is 26.9 Å². The molecule has 5 aromatic rings. The van der Waals surface area contributed by atoms with Crippen molar-refractivity contribution >= 4 is 22.6 Å². The number of methoxy groups -OCH3 is 1. The van der Waals surface area contributed by atoms with Gasteiger partial charge in [-0.3, -0.25) is 9.36 Å². The zero-order valence-corrected chi connectivity index (χ0v) is 17.8. The molecule has 0 saturated heterocycles. The Morgan fingerprint density at radius 2 is 1.75 bits per heavy atom. The van der Waals surface area contributed by atoms with Gasteiger partial charge in [-0.05, 0) is 60.2 Å². The van der Waals surface area contributed by atoms with E-state index in [1.54, 1.807) is 42.1 Å². The highest BCUT2D eigenvalue weighted by atomic mass is 35.5. The Balaban J connectivity index is 1.58. The lowest BCUT2D eigenvalue weighted by molar-refractivity contribution is 0.415. The molecule has 0 fully saturated rings. The highest BCUT2D eigenvalue weighted by Gasteiger charge is 2.16. The Morgan fingerprint density at radius 1 is 1.00 bits per heavy atom. The first-order chi connectivity index (χ1) is 15.6. The van der Waals surface area contributed by atoms with Crippen LogP contribution in [0.3, 0.4) is 0 Å². The van der Waals surface area contributed by atoms with Crippen molar-refractivity contribution in [3.8, 4) is 28.3 Å². The monoisotopic (exact) mass is 444 g/mol. The summed E-state index contributed by atoms with van der Waals surface area (Å²) in [6.45, 7) is 0.0942. The molecule has 0 aliphatic heterocycles. The van der Waals surface area contributed by atoms with Gasteiger partial charge < -0.3 is 9.15 Å². The summed E-state index contributed by atoms with van der Waals surface area (Å²) in [5.74, 6) is 1.38. The van der Waals surface area contributed by atoms with Crippen molar-refractivity contribution in [2.24, 2.45) is 0 Å². The minimum Gasteiger partial charge on any atom is -0.497 e. The van der Waals surface area contributed by atoms with Crippen LogP contribution in [0.4, 0.5) is 0 Å². The van der Waals surface area contributed by atoms with E-state index >= 15 is 0 Å². The molecule has 0 N–H and O–H groups in total. The Morgan fingerprint density at radius 3 is 2.50 bits per heavy atom. The molecule has 3 aromatic heterocycles. The average Bonchev–Trinajstić information content (AvgIpc) is 3.30. The van der Waals surface area contributed by atoms with Crippen LogP contribution in [0, 0.1) is 0 Å². The highest BCUT2D eigenvalue weighted by molar-refractivity contribution is 6.30. The predicted molar refractivity (Wildman–Crippen MR) is 122 cm³/mol. The lowest BCUT2D eigenvalue weighted by Gasteiger charge is -2.11.